The van der Waals surface area contributed by atoms with E-state index in [1.807, 2.05) is 47.8 Å². The number of thiophene rings is 1. The van der Waals surface area contributed by atoms with E-state index in [9.17, 15) is 4.79 Å². The highest BCUT2D eigenvalue weighted by Gasteiger charge is 2.11. The Morgan fingerprint density at radius 3 is 2.96 bits per heavy atom. The molecule has 2 heterocycles. The fraction of sp³-hybridized carbons (Fsp3) is 0.333. The average Bonchev–Trinajstić information content (AvgIpc) is 3.26. The highest BCUT2D eigenvalue weighted by atomic mass is 32.1. The van der Waals surface area contributed by atoms with E-state index in [0.29, 0.717) is 19.6 Å². The zero-order chi connectivity index (χ0) is 16.8. The predicted molar refractivity (Wildman–Crippen MR) is 98.2 cm³/mol. The molecular formula is C18H22N4OS. The molecule has 1 N–H and O–H groups in total. The van der Waals surface area contributed by atoms with Crippen LogP contribution < -0.4 is 5.32 Å². The van der Waals surface area contributed by atoms with Gasteiger partial charge in [0.25, 0.3) is 0 Å². The molecule has 3 rings (SSSR count). The molecule has 0 spiro atoms. The Hall–Kier alpha value is -2.34. The van der Waals surface area contributed by atoms with Crippen molar-refractivity contribution >= 4 is 28.4 Å². The molecule has 0 aliphatic heterocycles. The first-order chi connectivity index (χ1) is 11.8. The number of amides is 2. The summed E-state index contributed by atoms with van der Waals surface area (Å²) in [4.78, 5) is 19.7. The van der Waals surface area contributed by atoms with Crippen LogP contribution in [-0.4, -0.2) is 33.6 Å². The van der Waals surface area contributed by atoms with Gasteiger partial charge >= 0.3 is 6.03 Å². The predicted octanol–water partition coefficient (Wildman–Crippen LogP) is 3.72. The molecule has 1 aromatic carbocycles. The molecule has 0 unspecified atom stereocenters. The molecule has 0 atom stereocenters. The van der Waals surface area contributed by atoms with Gasteiger partial charge in [-0.1, -0.05) is 18.2 Å². The van der Waals surface area contributed by atoms with Crippen LogP contribution in [0.5, 0.6) is 0 Å². The minimum absolute atomic E-state index is 0.00129. The lowest BCUT2D eigenvalue weighted by Crippen LogP contribution is -2.39. The molecule has 2 aromatic heterocycles. The quantitative estimate of drug-likeness (QED) is 0.665. The Morgan fingerprint density at radius 2 is 2.17 bits per heavy atom. The van der Waals surface area contributed by atoms with Gasteiger partial charge in [0.1, 0.15) is 0 Å². The number of fused-ring (bicyclic) bond motifs is 1. The minimum Gasteiger partial charge on any atom is -0.338 e. The molecule has 0 fully saturated rings. The van der Waals surface area contributed by atoms with E-state index in [1.54, 1.807) is 11.3 Å². The Balaban J connectivity index is 1.46. The summed E-state index contributed by atoms with van der Waals surface area (Å²) in [6, 6.07) is 12.2. The molecule has 2 amide bonds. The van der Waals surface area contributed by atoms with Gasteiger partial charge in [-0.25, -0.2) is 9.78 Å². The summed E-state index contributed by atoms with van der Waals surface area (Å²) in [5.41, 5.74) is 2.14. The van der Waals surface area contributed by atoms with Crippen molar-refractivity contribution in [2.75, 3.05) is 13.1 Å². The van der Waals surface area contributed by atoms with Gasteiger partial charge in [-0.05, 0) is 36.9 Å². The van der Waals surface area contributed by atoms with Gasteiger partial charge in [0.05, 0.1) is 23.9 Å². The normalized spacial score (nSPS) is 10.9. The van der Waals surface area contributed by atoms with Crippen LogP contribution in [0, 0.1) is 0 Å². The molecule has 0 saturated carbocycles. The number of nitrogens with one attached hydrogen (secondary N) is 1. The molecule has 0 aliphatic carbocycles. The molecule has 24 heavy (non-hydrogen) atoms. The van der Waals surface area contributed by atoms with Gasteiger partial charge in [-0.3, -0.25) is 0 Å². The topological polar surface area (TPSA) is 50.2 Å². The van der Waals surface area contributed by atoms with E-state index in [4.69, 9.17) is 0 Å². The van der Waals surface area contributed by atoms with Gasteiger partial charge in [0.15, 0.2) is 0 Å². The summed E-state index contributed by atoms with van der Waals surface area (Å²) in [7, 11) is 0. The first-order valence-corrected chi connectivity index (χ1v) is 9.11. The van der Waals surface area contributed by atoms with Crippen LogP contribution in [0.1, 0.15) is 18.2 Å². The van der Waals surface area contributed by atoms with Crippen LogP contribution in [0.25, 0.3) is 11.0 Å². The van der Waals surface area contributed by atoms with Crippen LogP contribution in [0.15, 0.2) is 48.1 Å². The summed E-state index contributed by atoms with van der Waals surface area (Å²) in [6.45, 7) is 4.89. The van der Waals surface area contributed by atoms with E-state index < -0.39 is 0 Å². The van der Waals surface area contributed by atoms with Gasteiger partial charge in [0, 0.05) is 24.5 Å². The second-order valence-corrected chi connectivity index (χ2v) is 6.64. The van der Waals surface area contributed by atoms with Crippen molar-refractivity contribution in [3.05, 3.63) is 53.0 Å². The van der Waals surface area contributed by atoms with E-state index in [1.165, 1.54) is 4.88 Å². The molecule has 0 aliphatic rings. The monoisotopic (exact) mass is 342 g/mol. The van der Waals surface area contributed by atoms with Crippen molar-refractivity contribution in [2.24, 2.45) is 0 Å². The number of benzene rings is 1. The number of urea groups is 1. The van der Waals surface area contributed by atoms with Crippen molar-refractivity contribution < 1.29 is 4.79 Å². The van der Waals surface area contributed by atoms with Crippen molar-refractivity contribution in [2.45, 2.75) is 26.4 Å². The SMILES string of the molecule is CCN(Cc1cccs1)C(=O)NCCCn1cnc2ccccc21. The Kier molecular flexibility index (Phi) is 5.48. The fourth-order valence-corrected chi connectivity index (χ4v) is 3.38. The van der Waals surface area contributed by atoms with E-state index in [0.717, 1.165) is 24.0 Å². The minimum atomic E-state index is 0.00129. The highest BCUT2D eigenvalue weighted by Crippen LogP contribution is 2.13. The number of imidazole rings is 1. The van der Waals surface area contributed by atoms with E-state index >= 15 is 0 Å². The zero-order valence-electron chi connectivity index (χ0n) is 13.8. The van der Waals surface area contributed by atoms with Crippen molar-refractivity contribution in [3.63, 3.8) is 0 Å². The molecule has 3 aromatic rings. The average molecular weight is 342 g/mol. The molecule has 0 saturated heterocycles. The van der Waals surface area contributed by atoms with Crippen LogP contribution >= 0.6 is 11.3 Å². The van der Waals surface area contributed by atoms with Crippen LogP contribution in [0.2, 0.25) is 0 Å². The molecule has 0 bridgehead atoms. The van der Waals surface area contributed by atoms with E-state index in [-0.39, 0.29) is 6.03 Å². The number of aryl methyl sites for hydroxylation is 1. The summed E-state index contributed by atoms with van der Waals surface area (Å²) in [5.74, 6) is 0. The number of carbonyl (C=O) groups is 1. The summed E-state index contributed by atoms with van der Waals surface area (Å²) in [5, 5.41) is 5.05. The first kappa shape index (κ1) is 16.5. The molecule has 126 valence electrons. The molecule has 5 nitrogen and oxygen atoms in total. The Morgan fingerprint density at radius 1 is 1.29 bits per heavy atom. The van der Waals surface area contributed by atoms with E-state index in [2.05, 4.69) is 27.0 Å². The summed E-state index contributed by atoms with van der Waals surface area (Å²) in [6.07, 6.45) is 2.74. The largest absolute Gasteiger partial charge is 0.338 e. The molecule has 0 radical (unpaired) electrons. The van der Waals surface area contributed by atoms with Crippen molar-refractivity contribution in [1.29, 1.82) is 0 Å². The van der Waals surface area contributed by atoms with Crippen molar-refractivity contribution in [1.82, 2.24) is 19.8 Å². The number of nitrogens with zero attached hydrogens (tertiary/aromatic N) is 3. The number of aromatic nitrogens is 2. The molecular weight excluding hydrogens is 320 g/mol. The third kappa shape index (κ3) is 3.94. The van der Waals surface area contributed by atoms with Crippen molar-refractivity contribution in [3.8, 4) is 0 Å². The maximum atomic E-state index is 12.3. The third-order valence-corrected chi connectivity index (χ3v) is 4.84. The summed E-state index contributed by atoms with van der Waals surface area (Å²) < 4.78 is 2.13. The fourth-order valence-electron chi connectivity index (χ4n) is 2.66. The van der Waals surface area contributed by atoms with Crippen LogP contribution in [0.4, 0.5) is 4.79 Å². The lowest BCUT2D eigenvalue weighted by atomic mass is 10.3. The Labute approximate surface area is 145 Å². The number of para-hydroxylation sites is 2. The second kappa shape index (κ2) is 7.97. The number of rotatable bonds is 7. The number of hydrogen-bond acceptors (Lipinski definition) is 3. The van der Waals surface area contributed by atoms with Crippen LogP contribution in [-0.2, 0) is 13.1 Å². The lowest BCUT2D eigenvalue weighted by molar-refractivity contribution is 0.198. The van der Waals surface area contributed by atoms with Gasteiger partial charge in [-0.2, -0.15) is 0 Å². The summed E-state index contributed by atoms with van der Waals surface area (Å²) >= 11 is 1.68. The third-order valence-electron chi connectivity index (χ3n) is 3.98. The molecule has 6 heteroatoms. The Bertz CT molecular complexity index is 781. The maximum absolute atomic E-state index is 12.3. The first-order valence-electron chi connectivity index (χ1n) is 8.23. The smallest absolute Gasteiger partial charge is 0.317 e. The number of hydrogen-bond donors (Lipinski definition) is 1. The standard InChI is InChI=1S/C18H22N4OS/c1-2-21(13-15-7-5-12-24-15)18(23)19-10-6-11-22-14-20-16-8-3-4-9-17(16)22/h3-5,7-9,12,14H,2,6,10-11,13H2,1H3,(H,19,23). The maximum Gasteiger partial charge on any atom is 0.317 e. The van der Waals surface area contributed by atoms with Gasteiger partial charge < -0.3 is 14.8 Å². The number of carbonyl (C=O) groups excluding carboxylic acids is 1. The zero-order valence-corrected chi connectivity index (χ0v) is 14.6. The van der Waals surface area contributed by atoms with Gasteiger partial charge in [0.2, 0.25) is 0 Å². The van der Waals surface area contributed by atoms with Crippen LogP contribution in [0.3, 0.4) is 0 Å². The lowest BCUT2D eigenvalue weighted by Gasteiger charge is -2.20. The van der Waals surface area contributed by atoms with Gasteiger partial charge in [-0.15, -0.1) is 11.3 Å². The second-order valence-electron chi connectivity index (χ2n) is 5.61. The highest BCUT2D eigenvalue weighted by molar-refractivity contribution is 7.09.